The lowest BCUT2D eigenvalue weighted by Gasteiger charge is -2.20. The van der Waals surface area contributed by atoms with Crippen LogP contribution >= 0.6 is 11.6 Å². The van der Waals surface area contributed by atoms with Crippen LogP contribution in [-0.4, -0.2) is 15.5 Å². The topological polar surface area (TPSA) is 89.4 Å². The average Bonchev–Trinajstić information content (AvgIpc) is 2.42. The Morgan fingerprint density at radius 1 is 1.14 bits per heavy atom. The van der Waals surface area contributed by atoms with Crippen LogP contribution in [0.1, 0.15) is 5.56 Å². The molecule has 2 rings (SSSR count). The largest absolute Gasteiger partial charge is 0.399 e. The van der Waals surface area contributed by atoms with Crippen LogP contribution < -0.4 is 15.8 Å². The summed E-state index contributed by atoms with van der Waals surface area (Å²) in [6.07, 6.45) is 0. The normalized spacial score (nSPS) is 11.4. The molecule has 0 unspecified atom stereocenters. The van der Waals surface area contributed by atoms with E-state index in [0.717, 1.165) is 11.3 Å². The van der Waals surface area contributed by atoms with Gasteiger partial charge in [-0.3, -0.25) is 0 Å². The van der Waals surface area contributed by atoms with Gasteiger partial charge < -0.3 is 10.6 Å². The molecule has 0 aliphatic carbocycles. The second-order valence-corrected chi connectivity index (χ2v) is 6.71. The van der Waals surface area contributed by atoms with Crippen LogP contribution in [0.2, 0.25) is 5.02 Å². The molecule has 0 amide bonds. The van der Waals surface area contributed by atoms with Crippen LogP contribution in [0.3, 0.4) is 0 Å². The minimum atomic E-state index is -3.67. The Bertz CT molecular complexity index is 745. The molecular weight excluding hydrogens is 310 g/mol. The third kappa shape index (κ3) is 3.87. The molecule has 4 N–H and O–H groups in total. The van der Waals surface area contributed by atoms with Gasteiger partial charge in [0.2, 0.25) is 10.0 Å². The van der Waals surface area contributed by atoms with E-state index in [1.54, 1.807) is 24.3 Å². The molecule has 5 nitrogen and oxygen atoms in total. The molecule has 0 saturated carbocycles. The van der Waals surface area contributed by atoms with Crippen molar-refractivity contribution in [3.05, 3.63) is 53.1 Å². The quantitative estimate of drug-likeness (QED) is 0.843. The highest BCUT2D eigenvalue weighted by atomic mass is 35.5. The Kier molecular flexibility index (Phi) is 4.41. The number of nitrogen functional groups attached to an aromatic ring is 1. The van der Waals surface area contributed by atoms with Crippen molar-refractivity contribution in [1.82, 2.24) is 0 Å². The van der Waals surface area contributed by atoms with E-state index in [9.17, 15) is 8.42 Å². The molecular formula is C14H16ClN3O2S. The Morgan fingerprint density at radius 3 is 2.33 bits per heavy atom. The minimum absolute atomic E-state index is 0.0848. The molecule has 112 valence electrons. The van der Waals surface area contributed by atoms with Crippen LogP contribution in [0.15, 0.2) is 47.4 Å². The zero-order valence-corrected chi connectivity index (χ0v) is 13.0. The molecule has 21 heavy (non-hydrogen) atoms. The van der Waals surface area contributed by atoms with Gasteiger partial charge in [0.05, 0.1) is 4.90 Å². The number of benzene rings is 2. The van der Waals surface area contributed by atoms with E-state index in [1.165, 1.54) is 12.1 Å². The van der Waals surface area contributed by atoms with Crippen molar-refractivity contribution in [3.8, 4) is 0 Å². The van der Waals surface area contributed by atoms with Gasteiger partial charge in [0.25, 0.3) is 0 Å². The van der Waals surface area contributed by atoms with E-state index in [4.69, 9.17) is 22.5 Å². The SMILES string of the molecule is CN(Cc1cc(N)ccc1Cl)c1ccc(S(N)(=O)=O)cc1. The fraction of sp³-hybridized carbons (Fsp3) is 0.143. The number of nitrogens with two attached hydrogens (primary N) is 2. The van der Waals surface area contributed by atoms with Gasteiger partial charge in [-0.2, -0.15) is 0 Å². The fourth-order valence-corrected chi connectivity index (χ4v) is 2.65. The van der Waals surface area contributed by atoms with Crippen LogP contribution in [0.5, 0.6) is 0 Å². The zero-order valence-electron chi connectivity index (χ0n) is 11.5. The molecule has 0 spiro atoms. The first kappa shape index (κ1) is 15.6. The highest BCUT2D eigenvalue weighted by Gasteiger charge is 2.10. The smallest absolute Gasteiger partial charge is 0.238 e. The summed E-state index contributed by atoms with van der Waals surface area (Å²) in [6.45, 7) is 0.554. The summed E-state index contributed by atoms with van der Waals surface area (Å²) in [7, 11) is -1.79. The first-order chi connectivity index (χ1) is 9.77. The number of nitrogens with zero attached hydrogens (tertiary/aromatic N) is 1. The van der Waals surface area contributed by atoms with Gasteiger partial charge in [0.1, 0.15) is 0 Å². The molecule has 7 heteroatoms. The highest BCUT2D eigenvalue weighted by Crippen LogP contribution is 2.23. The summed E-state index contributed by atoms with van der Waals surface area (Å²) in [5, 5.41) is 5.71. The molecule has 0 aromatic heterocycles. The second-order valence-electron chi connectivity index (χ2n) is 4.75. The molecule has 0 aliphatic rings. The Hall–Kier alpha value is -1.76. The van der Waals surface area contributed by atoms with Crippen molar-refractivity contribution in [1.29, 1.82) is 0 Å². The molecule has 0 saturated heterocycles. The van der Waals surface area contributed by atoms with E-state index < -0.39 is 10.0 Å². The third-order valence-corrected chi connectivity index (χ3v) is 4.38. The van der Waals surface area contributed by atoms with Gasteiger partial charge in [0, 0.05) is 30.0 Å². The molecule has 0 atom stereocenters. The van der Waals surface area contributed by atoms with Gasteiger partial charge in [0.15, 0.2) is 0 Å². The van der Waals surface area contributed by atoms with Crippen molar-refractivity contribution >= 4 is 33.0 Å². The lowest BCUT2D eigenvalue weighted by molar-refractivity contribution is 0.598. The highest BCUT2D eigenvalue weighted by molar-refractivity contribution is 7.89. The van der Waals surface area contributed by atoms with E-state index in [-0.39, 0.29) is 4.90 Å². The standard InChI is InChI=1S/C14H16ClN3O2S/c1-18(9-10-8-11(16)2-7-14(10)15)12-3-5-13(6-4-12)21(17,19)20/h2-8H,9,16H2,1H3,(H2,17,19,20). The monoisotopic (exact) mass is 325 g/mol. The van der Waals surface area contributed by atoms with Crippen molar-refractivity contribution in [3.63, 3.8) is 0 Å². The number of anilines is 2. The van der Waals surface area contributed by atoms with Crippen molar-refractivity contribution in [2.45, 2.75) is 11.4 Å². The predicted molar refractivity (Wildman–Crippen MR) is 85.8 cm³/mol. The molecule has 2 aromatic carbocycles. The summed E-state index contributed by atoms with van der Waals surface area (Å²) in [5.74, 6) is 0. The maximum atomic E-state index is 11.2. The summed E-state index contributed by atoms with van der Waals surface area (Å²) in [4.78, 5) is 2.02. The maximum absolute atomic E-state index is 11.2. The van der Waals surface area contributed by atoms with Gasteiger partial charge in [-0.15, -0.1) is 0 Å². The summed E-state index contributed by atoms with van der Waals surface area (Å²) < 4.78 is 22.4. The zero-order chi connectivity index (χ0) is 15.6. The van der Waals surface area contributed by atoms with Crippen LogP contribution in [0, 0.1) is 0 Å². The molecule has 0 fully saturated rings. The molecule has 0 radical (unpaired) electrons. The fourth-order valence-electron chi connectivity index (χ4n) is 1.95. The number of hydrogen-bond acceptors (Lipinski definition) is 4. The average molecular weight is 326 g/mol. The first-order valence-corrected chi connectivity index (χ1v) is 8.08. The van der Waals surface area contributed by atoms with E-state index in [0.29, 0.717) is 17.3 Å². The number of primary sulfonamides is 1. The number of rotatable bonds is 4. The minimum Gasteiger partial charge on any atom is -0.399 e. The molecule has 0 aliphatic heterocycles. The number of hydrogen-bond donors (Lipinski definition) is 2. The summed E-state index contributed by atoms with van der Waals surface area (Å²) in [6, 6.07) is 11.7. The van der Waals surface area contributed by atoms with Crippen molar-refractivity contribution < 1.29 is 8.42 Å². The predicted octanol–water partition coefficient (Wildman–Crippen LogP) is 2.21. The lowest BCUT2D eigenvalue weighted by Crippen LogP contribution is -2.17. The Labute approximate surface area is 129 Å². The van der Waals surface area contributed by atoms with Gasteiger partial charge in [-0.1, -0.05) is 11.6 Å². The number of sulfonamides is 1. The Morgan fingerprint density at radius 2 is 1.76 bits per heavy atom. The Balaban J connectivity index is 2.20. The molecule has 0 heterocycles. The van der Waals surface area contributed by atoms with Crippen LogP contribution in [-0.2, 0) is 16.6 Å². The van der Waals surface area contributed by atoms with Crippen molar-refractivity contribution in [2.75, 3.05) is 17.7 Å². The maximum Gasteiger partial charge on any atom is 0.238 e. The second kappa shape index (κ2) is 5.93. The lowest BCUT2D eigenvalue weighted by atomic mass is 10.2. The summed E-state index contributed by atoms with van der Waals surface area (Å²) >= 11 is 6.13. The van der Waals surface area contributed by atoms with Gasteiger partial charge in [-0.05, 0) is 48.0 Å². The van der Waals surface area contributed by atoms with Crippen molar-refractivity contribution in [2.24, 2.45) is 5.14 Å². The van der Waals surface area contributed by atoms with Gasteiger partial charge >= 0.3 is 0 Å². The van der Waals surface area contributed by atoms with E-state index in [2.05, 4.69) is 0 Å². The van der Waals surface area contributed by atoms with E-state index in [1.807, 2.05) is 18.0 Å². The molecule has 0 bridgehead atoms. The third-order valence-electron chi connectivity index (χ3n) is 3.08. The number of halogens is 1. The molecule has 2 aromatic rings. The van der Waals surface area contributed by atoms with E-state index >= 15 is 0 Å². The first-order valence-electron chi connectivity index (χ1n) is 6.15. The van der Waals surface area contributed by atoms with Gasteiger partial charge in [-0.25, -0.2) is 13.6 Å². The summed E-state index contributed by atoms with van der Waals surface area (Å²) in [5.41, 5.74) is 8.14. The van der Waals surface area contributed by atoms with Crippen LogP contribution in [0.25, 0.3) is 0 Å². The van der Waals surface area contributed by atoms with Crippen LogP contribution in [0.4, 0.5) is 11.4 Å².